The highest BCUT2D eigenvalue weighted by atomic mass is 32.2. The largest absolute Gasteiger partial charge is 0.379 e. The molecule has 1 heterocycles. The third-order valence-electron chi connectivity index (χ3n) is 3.35. The lowest BCUT2D eigenvalue weighted by molar-refractivity contribution is 0.595. The molecule has 0 atom stereocenters. The summed E-state index contributed by atoms with van der Waals surface area (Å²) in [6.45, 7) is 4.68. The smallest absolute Gasteiger partial charge is 0.180 e. The van der Waals surface area contributed by atoms with Gasteiger partial charge in [0.25, 0.3) is 0 Å². The Balaban J connectivity index is 2.21. The standard InChI is InChI=1S/C16H21NO2S2/c1-3-11-21(18,19)16-8-6-5-7-14(16)17-12-15-13(4-2)9-10-20-15/h5-10,17H,3-4,11-12H2,1-2H3. The molecule has 0 radical (unpaired) electrons. The first-order valence-corrected chi connectivity index (χ1v) is 9.72. The molecular formula is C16H21NO2S2. The number of rotatable bonds is 7. The van der Waals surface area contributed by atoms with Crippen molar-refractivity contribution in [2.24, 2.45) is 0 Å². The second-order valence-electron chi connectivity index (χ2n) is 4.89. The van der Waals surface area contributed by atoms with Crippen LogP contribution in [0.25, 0.3) is 0 Å². The first-order chi connectivity index (χ1) is 10.1. The van der Waals surface area contributed by atoms with Crippen LogP contribution in [-0.2, 0) is 22.8 Å². The van der Waals surface area contributed by atoms with Crippen molar-refractivity contribution in [3.8, 4) is 0 Å². The van der Waals surface area contributed by atoms with Crippen LogP contribution in [0.5, 0.6) is 0 Å². The van der Waals surface area contributed by atoms with Crippen LogP contribution >= 0.6 is 11.3 Å². The Kier molecular flexibility index (Phi) is 5.42. The quantitative estimate of drug-likeness (QED) is 0.834. The minimum Gasteiger partial charge on any atom is -0.379 e. The number of para-hydroxylation sites is 1. The predicted octanol–water partition coefficient (Wildman–Crippen LogP) is 4.11. The summed E-state index contributed by atoms with van der Waals surface area (Å²) in [6, 6.07) is 9.28. The summed E-state index contributed by atoms with van der Waals surface area (Å²) >= 11 is 1.71. The second-order valence-corrected chi connectivity index (χ2v) is 7.97. The molecule has 0 unspecified atom stereocenters. The molecular weight excluding hydrogens is 302 g/mol. The van der Waals surface area contributed by atoms with Gasteiger partial charge in [-0.15, -0.1) is 11.3 Å². The Labute approximate surface area is 130 Å². The van der Waals surface area contributed by atoms with Gasteiger partial charge in [-0.05, 0) is 42.0 Å². The van der Waals surface area contributed by atoms with E-state index in [1.54, 1.807) is 23.5 Å². The van der Waals surface area contributed by atoms with Gasteiger partial charge in [0.2, 0.25) is 0 Å². The van der Waals surface area contributed by atoms with Gasteiger partial charge < -0.3 is 5.32 Å². The average molecular weight is 323 g/mol. The number of hydrogen-bond acceptors (Lipinski definition) is 4. The zero-order valence-corrected chi connectivity index (χ0v) is 14.1. The lowest BCUT2D eigenvalue weighted by Gasteiger charge is -2.12. The summed E-state index contributed by atoms with van der Waals surface area (Å²) in [5, 5.41) is 5.37. The van der Waals surface area contributed by atoms with Crippen molar-refractivity contribution in [3.63, 3.8) is 0 Å². The van der Waals surface area contributed by atoms with Crippen molar-refractivity contribution in [3.05, 3.63) is 46.2 Å². The molecule has 1 aromatic carbocycles. The predicted molar refractivity (Wildman–Crippen MR) is 89.8 cm³/mol. The van der Waals surface area contributed by atoms with Gasteiger partial charge in [-0.1, -0.05) is 26.0 Å². The molecule has 2 rings (SSSR count). The molecule has 0 aliphatic heterocycles. The van der Waals surface area contributed by atoms with Gasteiger partial charge in [-0.25, -0.2) is 8.42 Å². The van der Waals surface area contributed by atoms with E-state index in [1.807, 2.05) is 19.1 Å². The Morgan fingerprint density at radius 2 is 1.90 bits per heavy atom. The monoisotopic (exact) mass is 323 g/mol. The molecule has 0 spiro atoms. The third kappa shape index (κ3) is 3.86. The number of benzene rings is 1. The van der Waals surface area contributed by atoms with Crippen molar-refractivity contribution in [2.75, 3.05) is 11.1 Å². The van der Waals surface area contributed by atoms with Gasteiger partial charge in [-0.3, -0.25) is 0 Å². The molecule has 2 aromatic rings. The van der Waals surface area contributed by atoms with E-state index in [2.05, 4.69) is 23.7 Å². The van der Waals surface area contributed by atoms with Gasteiger partial charge in [0.05, 0.1) is 16.3 Å². The number of aryl methyl sites for hydroxylation is 1. The molecule has 1 aromatic heterocycles. The van der Waals surface area contributed by atoms with Crippen LogP contribution in [0, 0.1) is 0 Å². The second kappa shape index (κ2) is 7.09. The van der Waals surface area contributed by atoms with Crippen LogP contribution < -0.4 is 5.32 Å². The summed E-state index contributed by atoms with van der Waals surface area (Å²) in [7, 11) is -3.21. The Morgan fingerprint density at radius 3 is 2.62 bits per heavy atom. The van der Waals surface area contributed by atoms with E-state index in [9.17, 15) is 8.42 Å². The van der Waals surface area contributed by atoms with E-state index in [1.165, 1.54) is 10.4 Å². The zero-order valence-electron chi connectivity index (χ0n) is 12.4. The molecule has 0 aliphatic carbocycles. The number of thiophene rings is 1. The van der Waals surface area contributed by atoms with Crippen molar-refractivity contribution >= 4 is 26.9 Å². The molecule has 114 valence electrons. The highest BCUT2D eigenvalue weighted by Gasteiger charge is 2.17. The minimum atomic E-state index is -3.21. The van der Waals surface area contributed by atoms with Gasteiger partial charge in [-0.2, -0.15) is 0 Å². The fraction of sp³-hybridized carbons (Fsp3) is 0.375. The maximum absolute atomic E-state index is 12.3. The van der Waals surface area contributed by atoms with Gasteiger partial charge in [0.1, 0.15) is 0 Å². The molecule has 0 saturated carbocycles. The molecule has 0 aliphatic rings. The lowest BCUT2D eigenvalue weighted by Crippen LogP contribution is -2.10. The van der Waals surface area contributed by atoms with Crippen LogP contribution in [0.1, 0.15) is 30.7 Å². The highest BCUT2D eigenvalue weighted by molar-refractivity contribution is 7.91. The zero-order chi connectivity index (χ0) is 15.3. The van der Waals surface area contributed by atoms with E-state index < -0.39 is 9.84 Å². The number of sulfone groups is 1. The van der Waals surface area contributed by atoms with Gasteiger partial charge >= 0.3 is 0 Å². The molecule has 0 bridgehead atoms. The molecule has 0 saturated heterocycles. The van der Waals surface area contributed by atoms with Crippen molar-refractivity contribution < 1.29 is 8.42 Å². The van der Waals surface area contributed by atoms with Crippen LogP contribution in [0.15, 0.2) is 40.6 Å². The molecule has 5 heteroatoms. The minimum absolute atomic E-state index is 0.185. The number of hydrogen-bond donors (Lipinski definition) is 1. The summed E-state index contributed by atoms with van der Waals surface area (Å²) in [5.41, 5.74) is 2.02. The topological polar surface area (TPSA) is 46.2 Å². The van der Waals surface area contributed by atoms with Crippen molar-refractivity contribution in [1.29, 1.82) is 0 Å². The normalized spacial score (nSPS) is 11.5. The van der Waals surface area contributed by atoms with Crippen molar-refractivity contribution in [1.82, 2.24) is 0 Å². The lowest BCUT2D eigenvalue weighted by atomic mass is 10.2. The summed E-state index contributed by atoms with van der Waals surface area (Å²) in [4.78, 5) is 1.67. The fourth-order valence-corrected chi connectivity index (χ4v) is 4.71. The first-order valence-electron chi connectivity index (χ1n) is 7.19. The van der Waals surface area contributed by atoms with E-state index in [0.717, 1.165) is 6.42 Å². The van der Waals surface area contributed by atoms with Crippen LogP contribution in [0.4, 0.5) is 5.69 Å². The number of nitrogens with one attached hydrogen (secondary N) is 1. The van der Waals surface area contributed by atoms with E-state index in [-0.39, 0.29) is 5.75 Å². The third-order valence-corrected chi connectivity index (χ3v) is 6.29. The summed E-state index contributed by atoms with van der Waals surface area (Å²) in [5.74, 6) is 0.185. The summed E-state index contributed by atoms with van der Waals surface area (Å²) in [6.07, 6.45) is 1.62. The molecule has 1 N–H and O–H groups in total. The molecule has 3 nitrogen and oxygen atoms in total. The van der Waals surface area contributed by atoms with Crippen molar-refractivity contribution in [2.45, 2.75) is 38.1 Å². The summed E-state index contributed by atoms with van der Waals surface area (Å²) < 4.78 is 24.6. The average Bonchev–Trinajstić information content (AvgIpc) is 2.93. The Morgan fingerprint density at radius 1 is 1.14 bits per heavy atom. The van der Waals surface area contributed by atoms with Crippen LogP contribution in [0.3, 0.4) is 0 Å². The van der Waals surface area contributed by atoms with E-state index in [0.29, 0.717) is 23.5 Å². The molecule has 21 heavy (non-hydrogen) atoms. The Hall–Kier alpha value is -1.33. The SMILES string of the molecule is CCCS(=O)(=O)c1ccccc1NCc1sccc1CC. The van der Waals surface area contributed by atoms with E-state index in [4.69, 9.17) is 0 Å². The van der Waals surface area contributed by atoms with Crippen LogP contribution in [0.2, 0.25) is 0 Å². The van der Waals surface area contributed by atoms with Gasteiger partial charge in [0.15, 0.2) is 9.84 Å². The number of anilines is 1. The molecule has 0 amide bonds. The highest BCUT2D eigenvalue weighted by Crippen LogP contribution is 2.25. The first kappa shape index (κ1) is 16.0. The van der Waals surface area contributed by atoms with Gasteiger partial charge in [0, 0.05) is 11.4 Å². The fourth-order valence-electron chi connectivity index (χ4n) is 2.28. The van der Waals surface area contributed by atoms with Crippen LogP contribution in [-0.4, -0.2) is 14.2 Å². The maximum atomic E-state index is 12.3. The van der Waals surface area contributed by atoms with E-state index >= 15 is 0 Å². The maximum Gasteiger partial charge on any atom is 0.180 e. The Bertz CT molecular complexity index is 690. The molecule has 0 fully saturated rings.